The fourth-order valence-electron chi connectivity index (χ4n) is 1.37. The molecular formula is C11H9ClFNO2. The van der Waals surface area contributed by atoms with Crippen LogP contribution in [0.1, 0.15) is 5.76 Å². The molecule has 0 atom stereocenters. The highest BCUT2D eigenvalue weighted by Gasteiger charge is 2.12. The topological polar surface area (TPSA) is 46.3 Å². The summed E-state index contributed by atoms with van der Waals surface area (Å²) in [5, 5.41) is 12.5. The Hall–Kier alpha value is -1.39. The van der Waals surface area contributed by atoms with Gasteiger partial charge in [0.05, 0.1) is 11.6 Å². The number of aliphatic hydroxyl groups is 1. The van der Waals surface area contributed by atoms with Gasteiger partial charge in [-0.25, -0.2) is 4.39 Å². The molecule has 1 heterocycles. The molecule has 0 bridgehead atoms. The van der Waals surface area contributed by atoms with E-state index >= 15 is 0 Å². The summed E-state index contributed by atoms with van der Waals surface area (Å²) >= 11 is 5.66. The molecule has 2 rings (SSSR count). The maximum atomic E-state index is 13.6. The van der Waals surface area contributed by atoms with Gasteiger partial charge in [0.15, 0.2) is 5.82 Å². The maximum Gasteiger partial charge on any atom is 0.151 e. The molecule has 0 aliphatic carbocycles. The lowest BCUT2D eigenvalue weighted by Gasteiger charge is -1.99. The minimum atomic E-state index is -0.520. The molecular weight excluding hydrogens is 233 g/mol. The average molecular weight is 242 g/mol. The Morgan fingerprint density at radius 3 is 3.00 bits per heavy atom. The standard InChI is InChI=1S/C11H9ClFNO2/c12-9-3-1-2-8(11(9)13)10-6-7(4-5-15)16-14-10/h1-3,6,15H,4-5H2. The SMILES string of the molecule is OCCc1cc(-c2cccc(Cl)c2F)no1. The number of benzene rings is 1. The molecule has 84 valence electrons. The monoisotopic (exact) mass is 241 g/mol. The van der Waals surface area contributed by atoms with E-state index in [9.17, 15) is 4.39 Å². The van der Waals surface area contributed by atoms with Crippen molar-refractivity contribution in [2.45, 2.75) is 6.42 Å². The lowest BCUT2D eigenvalue weighted by molar-refractivity contribution is 0.277. The fraction of sp³-hybridized carbons (Fsp3) is 0.182. The molecule has 0 fully saturated rings. The van der Waals surface area contributed by atoms with E-state index in [-0.39, 0.29) is 11.6 Å². The van der Waals surface area contributed by atoms with Crippen LogP contribution in [0.25, 0.3) is 11.3 Å². The van der Waals surface area contributed by atoms with Crippen molar-refractivity contribution in [1.82, 2.24) is 5.16 Å². The normalized spacial score (nSPS) is 10.7. The molecule has 0 saturated carbocycles. The van der Waals surface area contributed by atoms with Crippen LogP contribution >= 0.6 is 11.6 Å². The van der Waals surface area contributed by atoms with Crippen LogP contribution in [-0.4, -0.2) is 16.9 Å². The van der Waals surface area contributed by atoms with Crippen LogP contribution in [0.2, 0.25) is 5.02 Å². The fourth-order valence-corrected chi connectivity index (χ4v) is 1.54. The second-order valence-corrected chi connectivity index (χ2v) is 3.66. The van der Waals surface area contributed by atoms with Gasteiger partial charge in [0.1, 0.15) is 11.5 Å². The molecule has 1 aromatic carbocycles. The van der Waals surface area contributed by atoms with Crippen LogP contribution in [-0.2, 0) is 6.42 Å². The summed E-state index contributed by atoms with van der Waals surface area (Å²) in [6.45, 7) is -0.0351. The number of hydrogen-bond donors (Lipinski definition) is 1. The zero-order valence-electron chi connectivity index (χ0n) is 8.28. The van der Waals surface area contributed by atoms with Gasteiger partial charge in [0, 0.05) is 18.1 Å². The van der Waals surface area contributed by atoms with Gasteiger partial charge in [-0.15, -0.1) is 0 Å². The van der Waals surface area contributed by atoms with E-state index in [1.807, 2.05) is 0 Å². The molecule has 2 aromatic rings. The van der Waals surface area contributed by atoms with Crippen LogP contribution in [0, 0.1) is 5.82 Å². The number of aromatic nitrogens is 1. The maximum absolute atomic E-state index is 13.6. The Morgan fingerprint density at radius 2 is 2.25 bits per heavy atom. The largest absolute Gasteiger partial charge is 0.396 e. The van der Waals surface area contributed by atoms with Crippen LogP contribution in [0.4, 0.5) is 4.39 Å². The Labute approximate surface area is 96.4 Å². The average Bonchev–Trinajstić information content (AvgIpc) is 2.71. The van der Waals surface area contributed by atoms with Gasteiger partial charge in [-0.2, -0.15) is 0 Å². The van der Waals surface area contributed by atoms with Crippen LogP contribution < -0.4 is 0 Å². The molecule has 3 nitrogen and oxygen atoms in total. The second-order valence-electron chi connectivity index (χ2n) is 3.25. The van der Waals surface area contributed by atoms with Crippen LogP contribution in [0.3, 0.4) is 0 Å². The second kappa shape index (κ2) is 4.63. The minimum absolute atomic E-state index is 0.0351. The lowest BCUT2D eigenvalue weighted by Crippen LogP contribution is -1.87. The molecule has 0 unspecified atom stereocenters. The van der Waals surface area contributed by atoms with E-state index < -0.39 is 5.82 Å². The summed E-state index contributed by atoms with van der Waals surface area (Å²) in [5.74, 6) is -0.00936. The van der Waals surface area contributed by atoms with Crippen LogP contribution in [0.5, 0.6) is 0 Å². The predicted octanol–water partition coefficient (Wildman–Crippen LogP) is 2.67. The minimum Gasteiger partial charge on any atom is -0.396 e. The highest BCUT2D eigenvalue weighted by Crippen LogP contribution is 2.27. The molecule has 16 heavy (non-hydrogen) atoms. The Morgan fingerprint density at radius 1 is 1.44 bits per heavy atom. The van der Waals surface area contributed by atoms with Crippen molar-refractivity contribution in [3.63, 3.8) is 0 Å². The molecule has 5 heteroatoms. The molecule has 0 saturated heterocycles. The van der Waals surface area contributed by atoms with E-state index in [0.717, 1.165) is 0 Å². The zero-order chi connectivity index (χ0) is 11.5. The van der Waals surface area contributed by atoms with Crippen molar-refractivity contribution in [3.05, 3.63) is 40.9 Å². The van der Waals surface area contributed by atoms with Crippen LogP contribution in [0.15, 0.2) is 28.8 Å². The van der Waals surface area contributed by atoms with E-state index in [2.05, 4.69) is 5.16 Å². The molecule has 1 N–H and O–H groups in total. The van der Waals surface area contributed by atoms with Gasteiger partial charge >= 0.3 is 0 Å². The summed E-state index contributed by atoms with van der Waals surface area (Å²) in [6.07, 6.45) is 0.356. The first-order chi connectivity index (χ1) is 7.72. The number of rotatable bonds is 3. The van der Waals surface area contributed by atoms with Gasteiger partial charge in [-0.1, -0.05) is 22.8 Å². The molecule has 0 aliphatic heterocycles. The third-order valence-electron chi connectivity index (χ3n) is 2.14. The molecule has 1 aromatic heterocycles. The summed E-state index contributed by atoms with van der Waals surface area (Å²) < 4.78 is 18.6. The number of aliphatic hydroxyl groups excluding tert-OH is 1. The first-order valence-corrected chi connectivity index (χ1v) is 5.11. The number of nitrogens with zero attached hydrogens (tertiary/aromatic N) is 1. The van der Waals surface area contributed by atoms with E-state index in [1.54, 1.807) is 18.2 Å². The third kappa shape index (κ3) is 2.08. The van der Waals surface area contributed by atoms with E-state index in [4.69, 9.17) is 21.2 Å². The van der Waals surface area contributed by atoms with Crippen molar-refractivity contribution >= 4 is 11.6 Å². The van der Waals surface area contributed by atoms with Crippen molar-refractivity contribution < 1.29 is 14.0 Å². The van der Waals surface area contributed by atoms with Gasteiger partial charge in [-0.05, 0) is 12.1 Å². The van der Waals surface area contributed by atoms with Crippen molar-refractivity contribution in [3.8, 4) is 11.3 Å². The smallest absolute Gasteiger partial charge is 0.151 e. The number of hydrogen-bond acceptors (Lipinski definition) is 3. The summed E-state index contributed by atoms with van der Waals surface area (Å²) in [6, 6.07) is 6.27. The first-order valence-electron chi connectivity index (χ1n) is 4.73. The number of halogens is 2. The van der Waals surface area contributed by atoms with E-state index in [1.165, 1.54) is 6.07 Å². The first kappa shape index (κ1) is 11.1. The van der Waals surface area contributed by atoms with Gasteiger partial charge in [0.25, 0.3) is 0 Å². The highest BCUT2D eigenvalue weighted by atomic mass is 35.5. The zero-order valence-corrected chi connectivity index (χ0v) is 9.04. The summed E-state index contributed by atoms with van der Waals surface area (Å²) in [7, 11) is 0. The Balaban J connectivity index is 2.39. The summed E-state index contributed by atoms with van der Waals surface area (Å²) in [5.41, 5.74) is 0.670. The highest BCUT2D eigenvalue weighted by molar-refractivity contribution is 6.31. The quantitative estimate of drug-likeness (QED) is 0.899. The molecule has 0 radical (unpaired) electrons. The lowest BCUT2D eigenvalue weighted by atomic mass is 10.1. The van der Waals surface area contributed by atoms with Gasteiger partial charge in [0.2, 0.25) is 0 Å². The Bertz CT molecular complexity index is 498. The van der Waals surface area contributed by atoms with Crippen molar-refractivity contribution in [2.75, 3.05) is 6.61 Å². The van der Waals surface area contributed by atoms with Gasteiger partial charge in [-0.3, -0.25) is 0 Å². The third-order valence-corrected chi connectivity index (χ3v) is 2.44. The van der Waals surface area contributed by atoms with Gasteiger partial charge < -0.3 is 9.63 Å². The molecule has 0 spiro atoms. The molecule has 0 aliphatic rings. The molecule has 0 amide bonds. The van der Waals surface area contributed by atoms with Crippen molar-refractivity contribution in [1.29, 1.82) is 0 Å². The Kier molecular flexibility index (Phi) is 3.22. The van der Waals surface area contributed by atoms with E-state index in [0.29, 0.717) is 23.4 Å². The predicted molar refractivity (Wildman–Crippen MR) is 57.7 cm³/mol. The van der Waals surface area contributed by atoms with Crippen molar-refractivity contribution in [2.24, 2.45) is 0 Å². The summed E-state index contributed by atoms with van der Waals surface area (Å²) in [4.78, 5) is 0.